The van der Waals surface area contributed by atoms with Gasteiger partial charge in [-0.2, -0.15) is 5.10 Å². The van der Waals surface area contributed by atoms with Crippen LogP contribution in [0.3, 0.4) is 0 Å². The van der Waals surface area contributed by atoms with Crippen molar-refractivity contribution in [1.29, 1.82) is 0 Å². The first-order valence-corrected chi connectivity index (χ1v) is 9.47. The minimum Gasteiger partial charge on any atom is -0.335 e. The van der Waals surface area contributed by atoms with Gasteiger partial charge in [-0.05, 0) is 25.5 Å². The average molecular weight is 391 g/mol. The van der Waals surface area contributed by atoms with Gasteiger partial charge >= 0.3 is 0 Å². The van der Waals surface area contributed by atoms with Gasteiger partial charge in [0.1, 0.15) is 4.83 Å². The van der Waals surface area contributed by atoms with Crippen LogP contribution < -0.4 is 5.32 Å². The van der Waals surface area contributed by atoms with Gasteiger partial charge in [0.15, 0.2) is 0 Å². The lowest BCUT2D eigenvalue weighted by Gasteiger charge is -2.31. The highest BCUT2D eigenvalue weighted by Crippen LogP contribution is 2.30. The predicted octanol–water partition coefficient (Wildman–Crippen LogP) is 3.31. The van der Waals surface area contributed by atoms with E-state index in [1.54, 1.807) is 11.3 Å². The zero-order valence-corrected chi connectivity index (χ0v) is 16.6. The molecule has 1 aromatic carbocycles. The number of fused-ring (bicyclic) bond motifs is 1. The van der Waals surface area contributed by atoms with Crippen molar-refractivity contribution in [2.45, 2.75) is 26.4 Å². The van der Waals surface area contributed by atoms with Gasteiger partial charge in [0, 0.05) is 31.1 Å². The van der Waals surface area contributed by atoms with Crippen LogP contribution in [0.4, 0.5) is 0 Å². The maximum absolute atomic E-state index is 12.9. The van der Waals surface area contributed by atoms with E-state index >= 15 is 0 Å². The van der Waals surface area contributed by atoms with E-state index in [2.05, 4.69) is 29.5 Å². The number of aryl methyl sites for hydroxylation is 1. The molecule has 2 aromatic heterocycles. The molecule has 0 radical (unpaired) electrons. The summed E-state index contributed by atoms with van der Waals surface area (Å²) < 4.78 is 2.02. The standard InChI is InChI=1S/C19H22N4OS.ClH/c1-13-11-22(9-8-20-13)18(24)17-10-16-14(2)21-23(19(16)25-17)12-15-6-4-3-5-7-15;/h3-7,10,13,20H,8-9,11-12H2,1-2H3;1H. The summed E-state index contributed by atoms with van der Waals surface area (Å²) >= 11 is 1.56. The Morgan fingerprint density at radius 1 is 1.35 bits per heavy atom. The molecule has 5 nitrogen and oxygen atoms in total. The Bertz CT molecular complexity index is 905. The fraction of sp³-hybridized carbons (Fsp3) is 0.368. The van der Waals surface area contributed by atoms with Gasteiger partial charge in [-0.3, -0.25) is 9.48 Å². The van der Waals surface area contributed by atoms with Crippen LogP contribution in [0.1, 0.15) is 27.9 Å². The minimum atomic E-state index is 0. The van der Waals surface area contributed by atoms with Gasteiger partial charge in [0.2, 0.25) is 0 Å². The number of aromatic nitrogens is 2. The summed E-state index contributed by atoms with van der Waals surface area (Å²) in [4.78, 5) is 16.7. The molecule has 7 heteroatoms. The molecule has 1 N–H and O–H groups in total. The first-order valence-electron chi connectivity index (χ1n) is 8.65. The van der Waals surface area contributed by atoms with E-state index < -0.39 is 0 Å². The predicted molar refractivity (Wildman–Crippen MR) is 109 cm³/mol. The molecule has 1 saturated heterocycles. The van der Waals surface area contributed by atoms with Crippen molar-refractivity contribution in [1.82, 2.24) is 20.0 Å². The van der Waals surface area contributed by atoms with Gasteiger partial charge in [0.25, 0.3) is 5.91 Å². The van der Waals surface area contributed by atoms with Gasteiger partial charge in [-0.25, -0.2) is 0 Å². The van der Waals surface area contributed by atoms with E-state index in [0.29, 0.717) is 6.04 Å². The molecule has 4 rings (SSSR count). The summed E-state index contributed by atoms with van der Waals surface area (Å²) in [5.41, 5.74) is 2.19. The third-order valence-electron chi connectivity index (χ3n) is 4.65. The van der Waals surface area contributed by atoms with Crippen LogP contribution in [0.5, 0.6) is 0 Å². The number of piperazine rings is 1. The summed E-state index contributed by atoms with van der Waals surface area (Å²) in [7, 11) is 0. The number of carbonyl (C=O) groups is 1. The second-order valence-electron chi connectivity index (χ2n) is 6.66. The maximum Gasteiger partial charge on any atom is 0.264 e. The van der Waals surface area contributed by atoms with Crippen molar-refractivity contribution in [2.75, 3.05) is 19.6 Å². The number of hydrogen-bond acceptors (Lipinski definition) is 4. The zero-order valence-electron chi connectivity index (χ0n) is 14.9. The fourth-order valence-corrected chi connectivity index (χ4v) is 4.48. The van der Waals surface area contributed by atoms with Crippen LogP contribution in [0, 0.1) is 6.92 Å². The molecule has 1 fully saturated rings. The van der Waals surface area contributed by atoms with Gasteiger partial charge in [-0.1, -0.05) is 30.3 Å². The quantitative estimate of drug-likeness (QED) is 0.746. The first-order chi connectivity index (χ1) is 12.1. The number of nitrogens with zero attached hydrogens (tertiary/aromatic N) is 3. The largest absolute Gasteiger partial charge is 0.335 e. The molecule has 0 spiro atoms. The highest BCUT2D eigenvalue weighted by atomic mass is 35.5. The van der Waals surface area contributed by atoms with Gasteiger partial charge in [-0.15, -0.1) is 23.7 Å². The Balaban J connectivity index is 0.00000196. The second kappa shape index (κ2) is 7.78. The van der Waals surface area contributed by atoms with Crippen molar-refractivity contribution >= 4 is 39.9 Å². The summed E-state index contributed by atoms with van der Waals surface area (Å²) in [5, 5.41) is 9.13. The Kier molecular flexibility index (Phi) is 5.65. The number of thiophene rings is 1. The van der Waals surface area contributed by atoms with Crippen molar-refractivity contribution < 1.29 is 4.79 Å². The monoisotopic (exact) mass is 390 g/mol. The number of amides is 1. The molecule has 3 aromatic rings. The SMILES string of the molecule is Cc1nn(Cc2ccccc2)c2sc(C(=O)N3CCNC(C)C3)cc12.Cl. The topological polar surface area (TPSA) is 50.2 Å². The molecule has 0 aliphatic carbocycles. The molecule has 0 bridgehead atoms. The van der Waals surface area contributed by atoms with E-state index in [0.717, 1.165) is 47.0 Å². The Morgan fingerprint density at radius 2 is 2.12 bits per heavy atom. The van der Waals surface area contributed by atoms with Crippen LogP contribution in [-0.4, -0.2) is 46.3 Å². The molecular formula is C19H23ClN4OS. The summed E-state index contributed by atoms with van der Waals surface area (Å²) in [6.07, 6.45) is 0. The number of nitrogens with one attached hydrogen (secondary N) is 1. The zero-order chi connectivity index (χ0) is 17.4. The van der Waals surface area contributed by atoms with E-state index in [9.17, 15) is 4.79 Å². The third kappa shape index (κ3) is 3.63. The lowest BCUT2D eigenvalue weighted by Crippen LogP contribution is -2.51. The summed E-state index contributed by atoms with van der Waals surface area (Å²) in [6, 6.07) is 12.7. The molecule has 1 atom stereocenters. The molecule has 26 heavy (non-hydrogen) atoms. The molecule has 138 valence electrons. The maximum atomic E-state index is 12.9. The number of hydrogen-bond donors (Lipinski definition) is 1. The van der Waals surface area contributed by atoms with Crippen LogP contribution >= 0.6 is 23.7 Å². The van der Waals surface area contributed by atoms with Crippen molar-refractivity contribution in [3.05, 3.63) is 52.5 Å². The van der Waals surface area contributed by atoms with Crippen LogP contribution in [0.2, 0.25) is 0 Å². The van der Waals surface area contributed by atoms with E-state index in [1.165, 1.54) is 5.56 Å². The minimum absolute atomic E-state index is 0. The van der Waals surface area contributed by atoms with E-state index in [4.69, 9.17) is 0 Å². The first kappa shape index (κ1) is 18.9. The Morgan fingerprint density at radius 3 is 2.85 bits per heavy atom. The molecular weight excluding hydrogens is 368 g/mol. The Hall–Kier alpha value is -1.89. The molecule has 1 aliphatic rings. The number of carbonyl (C=O) groups excluding carboxylic acids is 1. The number of rotatable bonds is 3. The van der Waals surface area contributed by atoms with Crippen LogP contribution in [0.25, 0.3) is 10.2 Å². The lowest BCUT2D eigenvalue weighted by molar-refractivity contribution is 0.0714. The van der Waals surface area contributed by atoms with Crippen LogP contribution in [0.15, 0.2) is 36.4 Å². The van der Waals surface area contributed by atoms with Crippen LogP contribution in [-0.2, 0) is 6.54 Å². The third-order valence-corrected chi connectivity index (χ3v) is 5.79. The Labute approximate surface area is 163 Å². The smallest absolute Gasteiger partial charge is 0.264 e. The molecule has 1 unspecified atom stereocenters. The van der Waals surface area contributed by atoms with Gasteiger partial charge < -0.3 is 10.2 Å². The molecule has 1 aliphatic heterocycles. The van der Waals surface area contributed by atoms with E-state index in [-0.39, 0.29) is 18.3 Å². The molecule has 3 heterocycles. The average Bonchev–Trinajstić information content (AvgIpc) is 3.17. The van der Waals surface area contributed by atoms with Crippen molar-refractivity contribution in [3.8, 4) is 0 Å². The lowest BCUT2D eigenvalue weighted by atomic mass is 10.2. The van der Waals surface area contributed by atoms with E-state index in [1.807, 2.05) is 40.8 Å². The van der Waals surface area contributed by atoms with Crippen molar-refractivity contribution in [2.24, 2.45) is 0 Å². The fourth-order valence-electron chi connectivity index (χ4n) is 3.35. The summed E-state index contributed by atoms with van der Waals surface area (Å²) in [5.74, 6) is 0.139. The molecule has 0 saturated carbocycles. The van der Waals surface area contributed by atoms with Gasteiger partial charge in [0.05, 0.1) is 17.1 Å². The number of benzene rings is 1. The van der Waals surface area contributed by atoms with Crippen molar-refractivity contribution in [3.63, 3.8) is 0 Å². The second-order valence-corrected chi connectivity index (χ2v) is 7.70. The number of halogens is 1. The highest BCUT2D eigenvalue weighted by Gasteiger charge is 2.24. The molecule has 1 amide bonds. The summed E-state index contributed by atoms with van der Waals surface area (Å²) in [6.45, 7) is 7.25. The highest BCUT2D eigenvalue weighted by molar-refractivity contribution is 7.20. The normalized spacial score (nSPS) is 17.3.